The number of carbonyl (C=O) groups excluding carboxylic acids is 2. The molecule has 7 nitrogen and oxygen atoms in total. The van der Waals surface area contributed by atoms with Crippen molar-refractivity contribution in [3.8, 4) is 0 Å². The van der Waals surface area contributed by atoms with Gasteiger partial charge in [0, 0.05) is 6.08 Å². The van der Waals surface area contributed by atoms with E-state index in [1.54, 1.807) is 0 Å². The smallest absolute Gasteiger partial charge is 0.426 e. The van der Waals surface area contributed by atoms with Crippen LogP contribution in [0.1, 0.15) is 32.1 Å². The number of esters is 2. The van der Waals surface area contributed by atoms with Crippen LogP contribution in [0.25, 0.3) is 0 Å². The van der Waals surface area contributed by atoms with Crippen molar-refractivity contribution >= 4 is 22.1 Å². The first kappa shape index (κ1) is 21.1. The number of hydrogen-bond acceptors (Lipinski definition) is 6. The molecule has 158 valence electrons. The fraction of sp³-hybridized carbons (Fsp3) is 0.765. The molecule has 3 atom stereocenters. The van der Waals surface area contributed by atoms with E-state index in [0.717, 1.165) is 6.08 Å². The Balaban J connectivity index is 1.75. The van der Waals surface area contributed by atoms with Gasteiger partial charge >= 0.3 is 18.1 Å². The van der Waals surface area contributed by atoms with E-state index >= 15 is 0 Å². The number of carbonyl (C=O) groups is 2. The SMILES string of the molecule is C=CC(=O)OC12CC3CC(C1)C(C(=O)OC(CS(=O)(=O)O)C(F)(F)F)C(C3)C2. The van der Waals surface area contributed by atoms with E-state index in [9.17, 15) is 31.2 Å². The maximum atomic E-state index is 13.1. The summed E-state index contributed by atoms with van der Waals surface area (Å²) >= 11 is 0. The molecule has 0 aromatic rings. The molecule has 4 aliphatic carbocycles. The van der Waals surface area contributed by atoms with Crippen molar-refractivity contribution in [1.29, 1.82) is 0 Å². The lowest BCUT2D eigenvalue weighted by Crippen LogP contribution is -2.58. The van der Waals surface area contributed by atoms with Gasteiger partial charge in [0.2, 0.25) is 6.10 Å². The van der Waals surface area contributed by atoms with Crippen LogP contribution in [-0.2, 0) is 29.2 Å². The average Bonchev–Trinajstić information content (AvgIpc) is 2.50. The number of hydrogen-bond donors (Lipinski definition) is 1. The fourth-order valence-electron chi connectivity index (χ4n) is 5.32. The third-order valence-electron chi connectivity index (χ3n) is 5.96. The lowest BCUT2D eigenvalue weighted by molar-refractivity contribution is -0.228. The van der Waals surface area contributed by atoms with Crippen LogP contribution in [0.5, 0.6) is 0 Å². The summed E-state index contributed by atoms with van der Waals surface area (Å²) in [7, 11) is -4.99. The minimum absolute atomic E-state index is 0.204. The standard InChI is InChI=1S/C17H21F3O7S/c1-2-13(21)27-16-5-9-3-10(6-16)14(11(4-9)7-16)15(22)26-12(17(18,19)20)8-28(23,24)25/h2,9-12,14H,1,3-8H2,(H,23,24,25). The van der Waals surface area contributed by atoms with E-state index in [1.807, 2.05) is 0 Å². The summed E-state index contributed by atoms with van der Waals surface area (Å²) in [6.45, 7) is 3.36. The van der Waals surface area contributed by atoms with Crippen molar-refractivity contribution < 1.29 is 45.2 Å². The molecule has 4 rings (SSSR count). The van der Waals surface area contributed by atoms with Crippen molar-refractivity contribution in [3.63, 3.8) is 0 Å². The van der Waals surface area contributed by atoms with Gasteiger partial charge in [-0.3, -0.25) is 9.35 Å². The third-order valence-corrected chi connectivity index (χ3v) is 6.68. The second-order valence-corrected chi connectivity index (χ2v) is 9.52. The molecule has 4 fully saturated rings. The van der Waals surface area contributed by atoms with Crippen molar-refractivity contribution in [2.24, 2.45) is 23.7 Å². The third kappa shape index (κ3) is 4.35. The van der Waals surface area contributed by atoms with Crippen LogP contribution in [0.4, 0.5) is 13.2 Å². The van der Waals surface area contributed by atoms with Crippen LogP contribution in [0.2, 0.25) is 0 Å². The Morgan fingerprint density at radius 3 is 2.25 bits per heavy atom. The van der Waals surface area contributed by atoms with Crippen LogP contribution in [0.3, 0.4) is 0 Å². The first-order valence-electron chi connectivity index (χ1n) is 8.90. The van der Waals surface area contributed by atoms with E-state index in [2.05, 4.69) is 11.3 Å². The minimum atomic E-state index is -5.13. The van der Waals surface area contributed by atoms with E-state index in [4.69, 9.17) is 9.29 Å². The topological polar surface area (TPSA) is 107 Å². The van der Waals surface area contributed by atoms with E-state index in [1.165, 1.54) is 0 Å². The summed E-state index contributed by atoms with van der Waals surface area (Å²) in [5, 5.41) is 0. The summed E-state index contributed by atoms with van der Waals surface area (Å²) in [4.78, 5) is 24.2. The molecule has 11 heteroatoms. The predicted octanol–water partition coefficient (Wildman–Crippen LogP) is 2.27. The highest BCUT2D eigenvalue weighted by molar-refractivity contribution is 7.85. The fourth-order valence-corrected chi connectivity index (χ4v) is 5.96. The zero-order valence-corrected chi connectivity index (χ0v) is 15.7. The molecule has 28 heavy (non-hydrogen) atoms. The highest BCUT2D eigenvalue weighted by Gasteiger charge is 2.60. The molecule has 0 spiro atoms. The van der Waals surface area contributed by atoms with Gasteiger partial charge < -0.3 is 9.47 Å². The molecule has 0 radical (unpaired) electrons. The first-order valence-corrected chi connectivity index (χ1v) is 10.5. The Bertz CT molecular complexity index is 760. The summed E-state index contributed by atoms with van der Waals surface area (Å²) < 4.78 is 79.7. The molecule has 4 bridgehead atoms. The van der Waals surface area contributed by atoms with Gasteiger partial charge in [0.1, 0.15) is 11.4 Å². The monoisotopic (exact) mass is 426 g/mol. The van der Waals surface area contributed by atoms with Crippen molar-refractivity contribution in [1.82, 2.24) is 0 Å². The Labute approximate surface area is 160 Å². The summed E-state index contributed by atoms with van der Waals surface area (Å²) in [5.74, 6) is -4.68. The van der Waals surface area contributed by atoms with Crippen LogP contribution >= 0.6 is 0 Å². The Hall–Kier alpha value is -1.62. The lowest BCUT2D eigenvalue weighted by atomic mass is 9.50. The summed E-state index contributed by atoms with van der Waals surface area (Å²) in [6, 6.07) is 0. The Kier molecular flexibility index (Phi) is 5.28. The van der Waals surface area contributed by atoms with Gasteiger partial charge in [-0.15, -0.1) is 0 Å². The van der Waals surface area contributed by atoms with Crippen molar-refractivity contribution in [2.45, 2.75) is 50.0 Å². The maximum absolute atomic E-state index is 13.1. The molecule has 4 aliphatic rings. The van der Waals surface area contributed by atoms with Gasteiger partial charge in [-0.25, -0.2) is 4.79 Å². The molecule has 0 aromatic heterocycles. The molecular weight excluding hydrogens is 405 g/mol. The van der Waals surface area contributed by atoms with E-state index in [0.29, 0.717) is 32.1 Å². The zero-order chi connectivity index (χ0) is 20.9. The number of rotatable bonds is 6. The Morgan fingerprint density at radius 1 is 1.21 bits per heavy atom. The van der Waals surface area contributed by atoms with Gasteiger partial charge in [-0.05, 0) is 49.9 Å². The minimum Gasteiger partial charge on any atom is -0.456 e. The average molecular weight is 426 g/mol. The molecular formula is C17H21F3O7S. The second-order valence-electron chi connectivity index (χ2n) is 8.02. The van der Waals surface area contributed by atoms with Gasteiger partial charge in [0.25, 0.3) is 10.1 Å². The lowest BCUT2D eigenvalue weighted by Gasteiger charge is -2.58. The number of halogens is 3. The molecule has 0 saturated heterocycles. The van der Waals surface area contributed by atoms with E-state index in [-0.39, 0.29) is 17.8 Å². The normalized spacial score (nSPS) is 35.3. The van der Waals surface area contributed by atoms with Crippen LogP contribution in [0, 0.1) is 23.7 Å². The number of alkyl halides is 3. The molecule has 0 aromatic carbocycles. The molecule has 0 heterocycles. The van der Waals surface area contributed by atoms with Gasteiger partial charge in [-0.1, -0.05) is 6.58 Å². The van der Waals surface area contributed by atoms with Gasteiger partial charge in [0.05, 0.1) is 5.92 Å². The largest absolute Gasteiger partial charge is 0.456 e. The van der Waals surface area contributed by atoms with Crippen molar-refractivity contribution in [2.75, 3.05) is 5.75 Å². The molecule has 1 N–H and O–H groups in total. The molecule has 3 unspecified atom stereocenters. The number of ether oxygens (including phenoxy) is 2. The van der Waals surface area contributed by atoms with Crippen molar-refractivity contribution in [3.05, 3.63) is 12.7 Å². The van der Waals surface area contributed by atoms with E-state index < -0.39 is 51.6 Å². The van der Waals surface area contributed by atoms with Crippen LogP contribution in [0.15, 0.2) is 12.7 Å². The zero-order valence-electron chi connectivity index (χ0n) is 14.9. The molecule has 0 amide bonds. The van der Waals surface area contributed by atoms with Crippen LogP contribution < -0.4 is 0 Å². The predicted molar refractivity (Wildman–Crippen MR) is 88.4 cm³/mol. The summed E-state index contributed by atoms with van der Waals surface area (Å²) in [5.41, 5.74) is -0.740. The highest BCUT2D eigenvalue weighted by Crippen LogP contribution is 2.60. The maximum Gasteiger partial charge on any atom is 0.426 e. The van der Waals surface area contributed by atoms with Crippen LogP contribution in [-0.4, -0.2) is 48.5 Å². The second kappa shape index (κ2) is 7.01. The first-order chi connectivity index (χ1) is 12.8. The highest BCUT2D eigenvalue weighted by atomic mass is 32.2. The quantitative estimate of drug-likeness (QED) is 0.394. The Morgan fingerprint density at radius 2 is 1.79 bits per heavy atom. The molecule has 0 aliphatic heterocycles. The van der Waals surface area contributed by atoms with Gasteiger partial charge in [0.15, 0.2) is 0 Å². The molecule has 4 saturated carbocycles. The summed E-state index contributed by atoms with van der Waals surface area (Å²) in [6.07, 6.45) is -4.46. The van der Waals surface area contributed by atoms with Gasteiger partial charge in [-0.2, -0.15) is 21.6 Å².